The Balaban J connectivity index is 1.79. The second kappa shape index (κ2) is 6.14. The van der Waals surface area contributed by atoms with Gasteiger partial charge < -0.3 is 0 Å². The first kappa shape index (κ1) is 15.7. The van der Waals surface area contributed by atoms with Gasteiger partial charge in [0.1, 0.15) is 0 Å². The Morgan fingerprint density at radius 3 is 2.50 bits per heavy atom. The summed E-state index contributed by atoms with van der Waals surface area (Å²) in [5.74, 6) is 0.505. The van der Waals surface area contributed by atoms with E-state index in [4.69, 9.17) is 0 Å². The Morgan fingerprint density at radius 2 is 1.86 bits per heavy atom. The first-order chi connectivity index (χ1) is 10.5. The molecule has 2 heterocycles. The third-order valence-corrected chi connectivity index (χ3v) is 7.44. The van der Waals surface area contributed by atoms with Gasteiger partial charge in [-0.1, -0.05) is 18.2 Å². The van der Waals surface area contributed by atoms with E-state index in [1.54, 1.807) is 21.7 Å². The molecule has 1 aliphatic rings. The first-order valence-corrected chi connectivity index (χ1v) is 9.91. The van der Waals surface area contributed by atoms with Crippen molar-refractivity contribution < 1.29 is 8.42 Å². The average molecular weight is 335 g/mol. The summed E-state index contributed by atoms with van der Waals surface area (Å²) in [6.45, 7) is 5.02. The number of hydrogen-bond donors (Lipinski definition) is 0. The zero-order chi connectivity index (χ0) is 15.7. The van der Waals surface area contributed by atoms with Gasteiger partial charge in [0.25, 0.3) is 0 Å². The maximum absolute atomic E-state index is 12.9. The minimum absolute atomic E-state index is 0.460. The summed E-state index contributed by atoms with van der Waals surface area (Å²) in [6, 6.07) is 9.86. The molecule has 5 heteroatoms. The highest BCUT2D eigenvalue weighted by Gasteiger charge is 2.31. The summed E-state index contributed by atoms with van der Waals surface area (Å²) >= 11 is 1.77. The summed E-state index contributed by atoms with van der Waals surface area (Å²) in [6.07, 6.45) is 1.81. The van der Waals surface area contributed by atoms with E-state index in [0.29, 0.717) is 23.9 Å². The average Bonchev–Trinajstić information content (AvgIpc) is 3.04. The lowest BCUT2D eigenvalue weighted by molar-refractivity contribution is 0.321. The van der Waals surface area contributed by atoms with E-state index in [2.05, 4.69) is 17.5 Å². The van der Waals surface area contributed by atoms with Crippen LogP contribution in [0, 0.1) is 13.8 Å². The van der Waals surface area contributed by atoms with Crippen molar-refractivity contribution in [2.45, 2.75) is 37.5 Å². The lowest BCUT2D eigenvalue weighted by Gasteiger charge is -2.31. The number of benzene rings is 1. The van der Waals surface area contributed by atoms with Gasteiger partial charge in [0.2, 0.25) is 10.0 Å². The van der Waals surface area contributed by atoms with Gasteiger partial charge in [-0.25, -0.2) is 8.42 Å². The second-order valence-corrected chi connectivity index (χ2v) is 8.85. The molecule has 0 spiro atoms. The third-order valence-electron chi connectivity index (χ3n) is 4.36. The quantitative estimate of drug-likeness (QED) is 0.852. The molecule has 118 valence electrons. The molecular weight excluding hydrogens is 314 g/mol. The van der Waals surface area contributed by atoms with Crippen LogP contribution in [0.25, 0.3) is 0 Å². The third kappa shape index (κ3) is 2.98. The van der Waals surface area contributed by atoms with Crippen molar-refractivity contribution in [1.29, 1.82) is 0 Å². The van der Waals surface area contributed by atoms with Crippen LogP contribution in [0.4, 0.5) is 0 Å². The van der Waals surface area contributed by atoms with Crippen molar-refractivity contribution in [3.05, 3.63) is 51.7 Å². The van der Waals surface area contributed by atoms with E-state index in [9.17, 15) is 8.42 Å². The maximum atomic E-state index is 12.9. The SMILES string of the molecule is Cc1ccc(C)c(S(=O)(=O)N2CCC(c3cccs3)CC2)c1. The molecule has 1 fully saturated rings. The van der Waals surface area contributed by atoms with Crippen molar-refractivity contribution in [3.63, 3.8) is 0 Å². The summed E-state index contributed by atoms with van der Waals surface area (Å²) < 4.78 is 27.4. The monoisotopic (exact) mass is 335 g/mol. The molecule has 22 heavy (non-hydrogen) atoms. The Kier molecular flexibility index (Phi) is 4.39. The van der Waals surface area contributed by atoms with Crippen molar-refractivity contribution in [3.8, 4) is 0 Å². The summed E-state index contributed by atoms with van der Waals surface area (Å²) in [4.78, 5) is 1.84. The second-order valence-electron chi connectivity index (χ2n) is 5.96. The molecule has 1 aliphatic heterocycles. The number of thiophene rings is 1. The van der Waals surface area contributed by atoms with E-state index >= 15 is 0 Å². The number of hydrogen-bond acceptors (Lipinski definition) is 3. The molecule has 0 saturated carbocycles. The predicted octanol–water partition coefficient (Wildman–Crippen LogP) is 3.93. The molecule has 0 radical (unpaired) electrons. The zero-order valence-electron chi connectivity index (χ0n) is 13.0. The van der Waals surface area contributed by atoms with Crippen molar-refractivity contribution in [2.75, 3.05) is 13.1 Å². The van der Waals surface area contributed by atoms with Crippen LogP contribution in [-0.4, -0.2) is 25.8 Å². The Bertz CT molecular complexity index is 743. The lowest BCUT2D eigenvalue weighted by Crippen LogP contribution is -2.38. The number of aryl methyl sites for hydroxylation is 2. The van der Waals surface area contributed by atoms with Crippen LogP contribution in [0.3, 0.4) is 0 Å². The fraction of sp³-hybridized carbons (Fsp3) is 0.412. The molecule has 0 N–H and O–H groups in total. The molecule has 0 atom stereocenters. The van der Waals surface area contributed by atoms with Crippen LogP contribution in [0.2, 0.25) is 0 Å². The molecule has 3 nitrogen and oxygen atoms in total. The largest absolute Gasteiger partial charge is 0.243 e. The highest BCUT2D eigenvalue weighted by Crippen LogP contribution is 2.33. The summed E-state index contributed by atoms with van der Waals surface area (Å²) in [5, 5.41) is 2.09. The maximum Gasteiger partial charge on any atom is 0.243 e. The van der Waals surface area contributed by atoms with Crippen LogP contribution in [0.15, 0.2) is 40.6 Å². The molecule has 0 bridgehead atoms. The Hall–Kier alpha value is -1.17. The molecule has 0 aliphatic carbocycles. The van der Waals surface area contributed by atoms with Crippen molar-refractivity contribution in [1.82, 2.24) is 4.31 Å². The van der Waals surface area contributed by atoms with Gasteiger partial charge in [0, 0.05) is 18.0 Å². The zero-order valence-corrected chi connectivity index (χ0v) is 14.6. The molecule has 2 aromatic rings. The van der Waals surface area contributed by atoms with Crippen LogP contribution in [0.5, 0.6) is 0 Å². The van der Waals surface area contributed by atoms with E-state index in [1.165, 1.54) is 4.88 Å². The number of sulfonamides is 1. The topological polar surface area (TPSA) is 37.4 Å². The van der Waals surface area contributed by atoms with Gasteiger partial charge in [0.15, 0.2) is 0 Å². The van der Waals surface area contributed by atoms with Gasteiger partial charge in [-0.2, -0.15) is 4.31 Å². The van der Waals surface area contributed by atoms with Crippen LogP contribution in [-0.2, 0) is 10.0 Å². The van der Waals surface area contributed by atoms with Crippen molar-refractivity contribution in [2.24, 2.45) is 0 Å². The highest BCUT2D eigenvalue weighted by molar-refractivity contribution is 7.89. The summed E-state index contributed by atoms with van der Waals surface area (Å²) in [7, 11) is -3.37. The fourth-order valence-electron chi connectivity index (χ4n) is 3.03. The number of piperidine rings is 1. The first-order valence-electron chi connectivity index (χ1n) is 7.59. The predicted molar refractivity (Wildman–Crippen MR) is 91.0 cm³/mol. The smallest absolute Gasteiger partial charge is 0.207 e. The van der Waals surface area contributed by atoms with Crippen LogP contribution in [0.1, 0.15) is 34.8 Å². The normalized spacial score (nSPS) is 17.7. The highest BCUT2D eigenvalue weighted by atomic mass is 32.2. The van der Waals surface area contributed by atoms with E-state index in [1.807, 2.05) is 26.0 Å². The number of rotatable bonds is 3. The van der Waals surface area contributed by atoms with Crippen molar-refractivity contribution >= 4 is 21.4 Å². The lowest BCUT2D eigenvalue weighted by atomic mass is 9.97. The van der Waals surface area contributed by atoms with Gasteiger partial charge in [0.05, 0.1) is 4.90 Å². The molecule has 1 aromatic heterocycles. The molecular formula is C17H21NO2S2. The molecule has 1 saturated heterocycles. The van der Waals surface area contributed by atoms with Gasteiger partial charge in [-0.05, 0) is 61.2 Å². The van der Waals surface area contributed by atoms with Crippen LogP contribution < -0.4 is 0 Å². The van der Waals surface area contributed by atoms with Gasteiger partial charge in [-0.15, -0.1) is 11.3 Å². The van der Waals surface area contributed by atoms with Gasteiger partial charge in [-0.3, -0.25) is 0 Å². The summed E-state index contributed by atoms with van der Waals surface area (Å²) in [5.41, 5.74) is 1.81. The minimum Gasteiger partial charge on any atom is -0.207 e. The molecule has 3 rings (SSSR count). The molecule has 0 unspecified atom stereocenters. The van der Waals surface area contributed by atoms with E-state index < -0.39 is 10.0 Å². The van der Waals surface area contributed by atoms with E-state index in [0.717, 1.165) is 24.0 Å². The fourth-order valence-corrected chi connectivity index (χ4v) is 5.71. The van der Waals surface area contributed by atoms with E-state index in [-0.39, 0.29) is 0 Å². The molecule has 0 amide bonds. The van der Waals surface area contributed by atoms with Crippen LogP contribution >= 0.6 is 11.3 Å². The van der Waals surface area contributed by atoms with Gasteiger partial charge >= 0.3 is 0 Å². The molecule has 1 aromatic carbocycles. The Labute approximate surface area is 136 Å². The minimum atomic E-state index is -3.37. The standard InChI is InChI=1S/C17H21NO2S2/c1-13-5-6-14(2)17(12-13)22(19,20)18-9-7-15(8-10-18)16-4-3-11-21-16/h3-6,11-12,15H,7-10H2,1-2H3. The number of nitrogens with zero attached hydrogens (tertiary/aromatic N) is 1. The Morgan fingerprint density at radius 1 is 1.14 bits per heavy atom.